The van der Waals surface area contributed by atoms with E-state index in [0.717, 1.165) is 19.3 Å². The quantitative estimate of drug-likeness (QED) is 0.0729. The Kier molecular flexibility index (Phi) is 15.9. The number of aliphatic hydroxyl groups excluding tert-OH is 13. The summed E-state index contributed by atoms with van der Waals surface area (Å²) < 4.78 is 37.1. The second-order valence-electron chi connectivity index (χ2n) is 23.0. The van der Waals surface area contributed by atoms with Crippen LogP contribution >= 0.6 is 0 Å². The molecule has 19 nitrogen and oxygen atoms in total. The zero-order valence-corrected chi connectivity index (χ0v) is 40.2. The summed E-state index contributed by atoms with van der Waals surface area (Å²) in [4.78, 5) is 0. The van der Waals surface area contributed by atoms with Crippen LogP contribution in [0.5, 0.6) is 0 Å². The van der Waals surface area contributed by atoms with Gasteiger partial charge in [-0.05, 0) is 117 Å². The van der Waals surface area contributed by atoms with Gasteiger partial charge in [-0.2, -0.15) is 0 Å². The van der Waals surface area contributed by atoms with E-state index in [2.05, 4.69) is 41.2 Å². The highest BCUT2D eigenvalue weighted by molar-refractivity contribution is 5.20. The number of aliphatic hydroxyl groups is 13. The Morgan fingerprint density at radius 3 is 1.73 bits per heavy atom. The van der Waals surface area contributed by atoms with Crippen LogP contribution in [0.15, 0.2) is 12.2 Å². The minimum atomic E-state index is -1.80. The molecule has 0 bridgehead atoms. The van der Waals surface area contributed by atoms with Crippen molar-refractivity contribution in [1.29, 1.82) is 0 Å². The summed E-state index contributed by atoms with van der Waals surface area (Å²) in [6, 6.07) is 0. The zero-order chi connectivity index (χ0) is 49.5. The van der Waals surface area contributed by atoms with Gasteiger partial charge in [-0.1, -0.05) is 46.8 Å². The lowest BCUT2D eigenvalue weighted by Crippen LogP contribution is -2.68. The maximum Gasteiger partial charge on any atom is 0.187 e. The third-order valence-electron chi connectivity index (χ3n) is 19.1. The third-order valence-corrected chi connectivity index (χ3v) is 19.1. The fourth-order valence-electron chi connectivity index (χ4n) is 14.9. The van der Waals surface area contributed by atoms with Gasteiger partial charge in [-0.15, -0.1) is 0 Å². The van der Waals surface area contributed by atoms with Gasteiger partial charge < -0.3 is 94.8 Å². The predicted molar refractivity (Wildman–Crippen MR) is 235 cm³/mol. The molecule has 3 saturated heterocycles. The second-order valence-corrected chi connectivity index (χ2v) is 23.0. The third kappa shape index (κ3) is 9.03. The van der Waals surface area contributed by atoms with E-state index in [0.29, 0.717) is 37.7 Å². The molecule has 388 valence electrons. The smallest absolute Gasteiger partial charge is 0.187 e. The summed E-state index contributed by atoms with van der Waals surface area (Å²) in [5.74, 6) is -0.446. The summed E-state index contributed by atoms with van der Waals surface area (Å²) >= 11 is 0. The molecule has 4 saturated carbocycles. The molecule has 0 amide bonds. The first-order valence-corrected chi connectivity index (χ1v) is 24.5. The van der Waals surface area contributed by atoms with Crippen molar-refractivity contribution < 1.29 is 94.8 Å². The average Bonchev–Trinajstić information content (AvgIpc) is 3.67. The summed E-state index contributed by atoms with van der Waals surface area (Å²) in [7, 11) is 0. The molecule has 0 spiro atoms. The minimum Gasteiger partial charge on any atom is -0.394 e. The van der Waals surface area contributed by atoms with Gasteiger partial charge >= 0.3 is 0 Å². The highest BCUT2D eigenvalue weighted by Gasteiger charge is 2.72. The standard InChI is InChI=1S/C48H82O19/c1-21(2)23(52)10-16-48(8,67-42-39(61)36(58)33(55)26(19-50)63-42)22-9-14-47(7)31(22)24(53)17-29-45(5)13-12-30(44(3,4)28(45)11-15-46(29,47)6)65-43-40(37(59)34(56)27(20-51)64-43)66-41-38(60)35(57)32(54)25(18-49)62-41/h22-43,49-61H,1,9-20H2,2-8H3/t22-,23+,24-,25+,26+,27+,28-,29+,30+,31-,32+,33+,34+,35-,36-,37-,38+,39+,40+,41-,42-,43-,45-,46+,47+,48-/m0/s1. The van der Waals surface area contributed by atoms with Gasteiger partial charge in [-0.3, -0.25) is 0 Å². The SMILES string of the molecule is C=C(C)[C@H](O)CC[C@](C)(O[C@@H]1O[C@H](CO)[C@@H](O)[C@H](O)[C@H]1O)[C@H]1CC[C@]2(C)[C@@H]1[C@@H](O)C[C@@H]1[C@@]3(C)CC[C@@H](O[C@@H]4O[C@H](CO)[C@@H](O)[C@H](O)[C@H]4O[C@@H]4O[C@H](CO)[C@@H](O)[C@H](O)[C@H]4O)C(C)(C)[C@@H]3CC[C@]12C. The summed E-state index contributed by atoms with van der Waals surface area (Å²) in [5.41, 5.74) is -2.06. The largest absolute Gasteiger partial charge is 0.394 e. The molecule has 3 heterocycles. The van der Waals surface area contributed by atoms with Crippen molar-refractivity contribution in [2.24, 2.45) is 45.3 Å². The van der Waals surface area contributed by atoms with Crippen LogP contribution in [0.4, 0.5) is 0 Å². The van der Waals surface area contributed by atoms with Gasteiger partial charge in [0.15, 0.2) is 18.9 Å². The van der Waals surface area contributed by atoms with Crippen LogP contribution in [0.2, 0.25) is 0 Å². The van der Waals surface area contributed by atoms with Crippen molar-refractivity contribution in [3.05, 3.63) is 12.2 Å². The zero-order valence-electron chi connectivity index (χ0n) is 40.2. The fourth-order valence-corrected chi connectivity index (χ4v) is 14.9. The fraction of sp³-hybridized carbons (Fsp3) is 0.958. The Hall–Kier alpha value is -1.02. The van der Waals surface area contributed by atoms with Crippen LogP contribution in [0, 0.1) is 45.3 Å². The second kappa shape index (κ2) is 19.8. The van der Waals surface area contributed by atoms with E-state index in [1.165, 1.54) is 0 Å². The molecule has 13 N–H and O–H groups in total. The Balaban J connectivity index is 1.13. The van der Waals surface area contributed by atoms with Gasteiger partial charge in [0.25, 0.3) is 0 Å². The molecule has 0 aromatic rings. The van der Waals surface area contributed by atoms with Gasteiger partial charge in [0.1, 0.15) is 73.2 Å². The number of ether oxygens (including phenoxy) is 6. The molecule has 26 atom stereocenters. The molecular weight excluding hydrogens is 881 g/mol. The van der Waals surface area contributed by atoms with Gasteiger partial charge in [-0.25, -0.2) is 0 Å². The van der Waals surface area contributed by atoms with Crippen LogP contribution < -0.4 is 0 Å². The topological polar surface area (TPSA) is 318 Å². The van der Waals surface area contributed by atoms with Crippen LogP contribution in [-0.4, -0.2) is 202 Å². The molecule has 4 aliphatic carbocycles. The summed E-state index contributed by atoms with van der Waals surface area (Å²) in [6.45, 7) is 16.8. The van der Waals surface area contributed by atoms with Crippen LogP contribution in [0.25, 0.3) is 0 Å². The van der Waals surface area contributed by atoms with E-state index in [-0.39, 0.29) is 40.9 Å². The van der Waals surface area contributed by atoms with Gasteiger partial charge in [0.05, 0.1) is 43.7 Å². The minimum absolute atomic E-state index is 0.0563. The van der Waals surface area contributed by atoms with Crippen molar-refractivity contribution in [1.82, 2.24) is 0 Å². The Bertz CT molecular complexity index is 1700. The molecule has 0 aromatic heterocycles. The monoisotopic (exact) mass is 963 g/mol. The number of hydrogen-bond acceptors (Lipinski definition) is 19. The van der Waals surface area contributed by atoms with E-state index < -0.39 is 147 Å². The first-order valence-electron chi connectivity index (χ1n) is 24.5. The number of rotatable bonds is 14. The van der Waals surface area contributed by atoms with E-state index in [1.807, 2.05) is 6.92 Å². The maximum absolute atomic E-state index is 12.7. The molecule has 7 rings (SSSR count). The van der Waals surface area contributed by atoms with E-state index in [4.69, 9.17) is 28.4 Å². The Morgan fingerprint density at radius 1 is 0.642 bits per heavy atom. The van der Waals surface area contributed by atoms with Crippen LogP contribution in [-0.2, 0) is 28.4 Å². The lowest BCUT2D eigenvalue weighted by Gasteiger charge is -2.71. The van der Waals surface area contributed by atoms with E-state index in [9.17, 15) is 66.4 Å². The van der Waals surface area contributed by atoms with Gasteiger partial charge in [0.2, 0.25) is 0 Å². The van der Waals surface area contributed by atoms with E-state index in [1.54, 1.807) is 6.92 Å². The molecule has 0 unspecified atom stereocenters. The highest BCUT2D eigenvalue weighted by Crippen LogP contribution is 2.76. The molecular formula is C48H82O19. The molecule has 0 aromatic carbocycles. The van der Waals surface area contributed by atoms with E-state index >= 15 is 0 Å². The maximum atomic E-state index is 12.7. The predicted octanol–water partition coefficient (Wildman–Crippen LogP) is -1.06. The Labute approximate surface area is 393 Å². The molecule has 67 heavy (non-hydrogen) atoms. The van der Waals surface area contributed by atoms with Crippen LogP contribution in [0.3, 0.4) is 0 Å². The molecule has 7 aliphatic rings. The first-order chi connectivity index (χ1) is 31.3. The molecule has 3 aliphatic heterocycles. The first kappa shape index (κ1) is 53.8. The van der Waals surface area contributed by atoms with Crippen molar-refractivity contribution in [2.75, 3.05) is 19.8 Å². The van der Waals surface area contributed by atoms with Crippen molar-refractivity contribution in [2.45, 2.75) is 222 Å². The van der Waals surface area contributed by atoms with Crippen molar-refractivity contribution in [3.8, 4) is 0 Å². The average molecular weight is 963 g/mol. The number of fused-ring (bicyclic) bond motifs is 5. The lowest BCUT2D eigenvalue weighted by atomic mass is 9.35. The number of hydrogen-bond donors (Lipinski definition) is 13. The van der Waals surface area contributed by atoms with Crippen molar-refractivity contribution in [3.63, 3.8) is 0 Å². The molecule has 19 heteroatoms. The summed E-state index contributed by atoms with van der Waals surface area (Å²) in [6.07, 6.45) is -19.9. The Morgan fingerprint density at radius 2 is 1.16 bits per heavy atom. The summed E-state index contributed by atoms with van der Waals surface area (Å²) in [5, 5.41) is 140. The lowest BCUT2D eigenvalue weighted by molar-refractivity contribution is -0.378. The highest BCUT2D eigenvalue weighted by atomic mass is 16.8. The molecule has 7 fully saturated rings. The normalized spacial score (nSPS) is 52.3. The molecule has 0 radical (unpaired) electrons. The van der Waals surface area contributed by atoms with Crippen molar-refractivity contribution >= 4 is 0 Å². The van der Waals surface area contributed by atoms with Gasteiger partial charge in [0, 0.05) is 0 Å². The van der Waals surface area contributed by atoms with Crippen LogP contribution in [0.1, 0.15) is 106 Å².